The van der Waals surface area contributed by atoms with Crippen molar-refractivity contribution in [2.75, 3.05) is 10.6 Å². The average Bonchev–Trinajstić information content (AvgIpc) is 2.73. The molecular formula is C26H25ClN2O4. The Morgan fingerprint density at radius 1 is 0.879 bits per heavy atom. The molecule has 0 fully saturated rings. The van der Waals surface area contributed by atoms with Crippen LogP contribution in [0.1, 0.15) is 54.0 Å². The van der Waals surface area contributed by atoms with Gasteiger partial charge in [0, 0.05) is 23.7 Å². The molecule has 3 aromatic carbocycles. The van der Waals surface area contributed by atoms with E-state index in [9.17, 15) is 19.5 Å². The maximum Gasteiger partial charge on any atom is 0.337 e. The summed E-state index contributed by atoms with van der Waals surface area (Å²) in [7, 11) is 0. The molecule has 0 aliphatic heterocycles. The second-order valence-electron chi connectivity index (χ2n) is 8.72. The molecule has 3 N–H and O–H groups in total. The Kier molecular flexibility index (Phi) is 6.89. The summed E-state index contributed by atoms with van der Waals surface area (Å²) in [6.45, 7) is 7.66. The molecule has 6 nitrogen and oxygen atoms in total. The molecular weight excluding hydrogens is 440 g/mol. The molecule has 0 saturated heterocycles. The van der Waals surface area contributed by atoms with Crippen LogP contribution in [0.5, 0.6) is 0 Å². The van der Waals surface area contributed by atoms with Crippen LogP contribution in [0.15, 0.2) is 60.7 Å². The van der Waals surface area contributed by atoms with Gasteiger partial charge in [-0.25, -0.2) is 4.79 Å². The summed E-state index contributed by atoms with van der Waals surface area (Å²) in [6, 6.07) is 16.9. The fourth-order valence-corrected chi connectivity index (χ4v) is 3.60. The van der Waals surface area contributed by atoms with Crippen molar-refractivity contribution in [2.45, 2.75) is 33.1 Å². The van der Waals surface area contributed by atoms with E-state index in [1.807, 2.05) is 12.1 Å². The van der Waals surface area contributed by atoms with E-state index in [1.54, 1.807) is 36.4 Å². The van der Waals surface area contributed by atoms with Crippen LogP contribution in [0.3, 0.4) is 0 Å². The Morgan fingerprint density at radius 2 is 1.48 bits per heavy atom. The smallest absolute Gasteiger partial charge is 0.337 e. The van der Waals surface area contributed by atoms with E-state index in [0.717, 1.165) is 5.56 Å². The molecule has 0 spiro atoms. The van der Waals surface area contributed by atoms with Gasteiger partial charge in [0.15, 0.2) is 0 Å². The zero-order chi connectivity index (χ0) is 24.3. The molecule has 170 valence electrons. The van der Waals surface area contributed by atoms with Gasteiger partial charge in [-0.2, -0.15) is 0 Å². The third-order valence-electron chi connectivity index (χ3n) is 5.12. The molecule has 0 unspecified atom stereocenters. The number of carbonyl (C=O) groups excluding carboxylic acids is 2. The lowest BCUT2D eigenvalue weighted by molar-refractivity contribution is -0.114. The van der Waals surface area contributed by atoms with Gasteiger partial charge >= 0.3 is 5.97 Å². The van der Waals surface area contributed by atoms with Crippen molar-refractivity contribution in [3.8, 4) is 11.1 Å². The molecule has 0 radical (unpaired) electrons. The molecule has 0 heterocycles. The molecule has 7 heteroatoms. The summed E-state index contributed by atoms with van der Waals surface area (Å²) in [5, 5.41) is 15.4. The summed E-state index contributed by atoms with van der Waals surface area (Å²) in [5.41, 5.74) is 3.26. The number of amides is 2. The van der Waals surface area contributed by atoms with Crippen LogP contribution in [0, 0.1) is 0 Å². The first kappa shape index (κ1) is 24.0. The predicted octanol–water partition coefficient (Wildman–Crippen LogP) is 6.21. The minimum Gasteiger partial charge on any atom is -0.478 e. The minimum absolute atomic E-state index is 0.0465. The number of carboxylic acids is 1. The molecule has 0 aromatic heterocycles. The highest BCUT2D eigenvalue weighted by molar-refractivity contribution is 6.34. The van der Waals surface area contributed by atoms with Crippen LogP contribution < -0.4 is 10.6 Å². The van der Waals surface area contributed by atoms with Crippen molar-refractivity contribution in [1.82, 2.24) is 0 Å². The Bertz CT molecular complexity index is 1210. The molecule has 0 atom stereocenters. The first-order valence-corrected chi connectivity index (χ1v) is 10.7. The van der Waals surface area contributed by atoms with Crippen LogP contribution in [0.2, 0.25) is 5.02 Å². The van der Waals surface area contributed by atoms with Crippen molar-refractivity contribution in [1.29, 1.82) is 0 Å². The Morgan fingerprint density at radius 3 is 2.00 bits per heavy atom. The first-order chi connectivity index (χ1) is 15.5. The van der Waals surface area contributed by atoms with Gasteiger partial charge in [-0.3, -0.25) is 9.59 Å². The maximum atomic E-state index is 12.8. The van der Waals surface area contributed by atoms with Crippen molar-refractivity contribution in [2.24, 2.45) is 0 Å². The second kappa shape index (κ2) is 9.46. The van der Waals surface area contributed by atoms with Gasteiger partial charge in [-0.05, 0) is 52.9 Å². The average molecular weight is 465 g/mol. The van der Waals surface area contributed by atoms with E-state index >= 15 is 0 Å². The van der Waals surface area contributed by atoms with Crippen LogP contribution in [-0.2, 0) is 10.2 Å². The molecule has 0 aliphatic carbocycles. The number of hydrogen-bond acceptors (Lipinski definition) is 3. The SMILES string of the molecule is CC(=O)Nc1ccc(-c2cc(C(=O)O)c(NC(=O)c3ccc(C(C)(C)C)cc3)cc2Cl)cc1. The molecule has 2 amide bonds. The lowest BCUT2D eigenvalue weighted by Crippen LogP contribution is -2.16. The predicted molar refractivity (Wildman–Crippen MR) is 131 cm³/mol. The summed E-state index contributed by atoms with van der Waals surface area (Å²) in [5.74, 6) is -1.82. The number of aromatic carboxylic acids is 1. The topological polar surface area (TPSA) is 95.5 Å². The normalized spacial score (nSPS) is 11.1. The van der Waals surface area contributed by atoms with E-state index in [-0.39, 0.29) is 27.6 Å². The number of benzene rings is 3. The first-order valence-electron chi connectivity index (χ1n) is 10.3. The van der Waals surface area contributed by atoms with E-state index in [0.29, 0.717) is 22.4 Å². The fourth-order valence-electron chi connectivity index (χ4n) is 3.33. The van der Waals surface area contributed by atoms with Crippen molar-refractivity contribution >= 4 is 40.8 Å². The number of hydrogen-bond donors (Lipinski definition) is 3. The van der Waals surface area contributed by atoms with Gasteiger partial charge < -0.3 is 15.7 Å². The number of rotatable bonds is 5. The van der Waals surface area contributed by atoms with Gasteiger partial charge in [-0.15, -0.1) is 0 Å². The van der Waals surface area contributed by atoms with E-state index in [2.05, 4.69) is 31.4 Å². The Hall–Kier alpha value is -3.64. The van der Waals surface area contributed by atoms with Gasteiger partial charge in [0.1, 0.15) is 0 Å². The molecule has 0 aliphatic rings. The Labute approximate surface area is 197 Å². The quantitative estimate of drug-likeness (QED) is 0.418. The van der Waals surface area contributed by atoms with Gasteiger partial charge in [0.25, 0.3) is 5.91 Å². The number of carbonyl (C=O) groups is 3. The monoisotopic (exact) mass is 464 g/mol. The van der Waals surface area contributed by atoms with Gasteiger partial charge in [-0.1, -0.05) is 56.6 Å². The van der Waals surface area contributed by atoms with Crippen LogP contribution in [-0.4, -0.2) is 22.9 Å². The molecule has 3 aromatic rings. The van der Waals surface area contributed by atoms with E-state index in [1.165, 1.54) is 19.1 Å². The number of anilines is 2. The maximum absolute atomic E-state index is 12.8. The van der Waals surface area contributed by atoms with Crippen LogP contribution in [0.4, 0.5) is 11.4 Å². The Balaban J connectivity index is 1.90. The van der Waals surface area contributed by atoms with Crippen molar-refractivity contribution in [3.05, 3.63) is 82.4 Å². The summed E-state index contributed by atoms with van der Waals surface area (Å²) in [6.07, 6.45) is 0. The largest absolute Gasteiger partial charge is 0.478 e. The number of carboxylic acid groups (broad SMARTS) is 1. The minimum atomic E-state index is -1.19. The van der Waals surface area contributed by atoms with E-state index in [4.69, 9.17) is 11.6 Å². The van der Waals surface area contributed by atoms with Gasteiger partial charge in [0.05, 0.1) is 16.3 Å². The summed E-state index contributed by atoms with van der Waals surface area (Å²) in [4.78, 5) is 35.9. The summed E-state index contributed by atoms with van der Waals surface area (Å²) >= 11 is 6.45. The zero-order valence-corrected chi connectivity index (χ0v) is 19.6. The molecule has 0 bridgehead atoms. The standard InChI is InChI=1S/C26H25ClN2O4/c1-15(30)28-19-11-7-16(8-12-19)20-13-21(25(32)33)23(14-22(20)27)29-24(31)17-5-9-18(10-6-17)26(2,3)4/h5-14H,1-4H3,(H,28,30)(H,29,31)(H,32,33). The number of halogens is 1. The molecule has 3 rings (SSSR count). The fraction of sp³-hybridized carbons (Fsp3) is 0.192. The van der Waals surface area contributed by atoms with Crippen LogP contribution >= 0.6 is 11.6 Å². The van der Waals surface area contributed by atoms with Crippen molar-refractivity contribution < 1.29 is 19.5 Å². The molecule has 0 saturated carbocycles. The lowest BCUT2D eigenvalue weighted by atomic mass is 9.86. The third-order valence-corrected chi connectivity index (χ3v) is 5.43. The highest BCUT2D eigenvalue weighted by Crippen LogP contribution is 2.34. The lowest BCUT2D eigenvalue weighted by Gasteiger charge is -2.19. The van der Waals surface area contributed by atoms with Crippen LogP contribution in [0.25, 0.3) is 11.1 Å². The molecule has 33 heavy (non-hydrogen) atoms. The number of nitrogens with one attached hydrogen (secondary N) is 2. The third kappa shape index (κ3) is 5.79. The van der Waals surface area contributed by atoms with Crippen molar-refractivity contribution in [3.63, 3.8) is 0 Å². The highest BCUT2D eigenvalue weighted by Gasteiger charge is 2.19. The van der Waals surface area contributed by atoms with Gasteiger partial charge in [0.2, 0.25) is 5.91 Å². The van der Waals surface area contributed by atoms with E-state index < -0.39 is 11.9 Å². The zero-order valence-electron chi connectivity index (χ0n) is 18.8. The highest BCUT2D eigenvalue weighted by atomic mass is 35.5. The second-order valence-corrected chi connectivity index (χ2v) is 9.13. The summed E-state index contributed by atoms with van der Waals surface area (Å²) < 4.78 is 0.